The number of hydrogen-bond acceptors (Lipinski definition) is 1. The maximum Gasteiger partial charge on any atom is 0.123 e. The maximum absolute atomic E-state index is 10.1. The normalized spacial score (nSPS) is 26.2. The van der Waals surface area contributed by atoms with Crippen molar-refractivity contribution in [2.45, 2.75) is 31.1 Å². The number of phenolic OH excluding ortho intramolecular Hbond substituents is 1. The summed E-state index contributed by atoms with van der Waals surface area (Å²) >= 11 is 0. The van der Waals surface area contributed by atoms with Gasteiger partial charge >= 0.3 is 0 Å². The lowest BCUT2D eigenvalue weighted by atomic mass is 9.87. The Morgan fingerprint density at radius 3 is 2.62 bits per heavy atom. The summed E-state index contributed by atoms with van der Waals surface area (Å²) in [6.45, 7) is 0. The zero-order chi connectivity index (χ0) is 10.7. The second-order valence-electron chi connectivity index (χ2n) is 5.15. The Labute approximate surface area is 94.7 Å². The number of aromatic hydroxyl groups is 1. The van der Waals surface area contributed by atoms with Crippen LogP contribution in [0.25, 0.3) is 10.8 Å². The highest BCUT2D eigenvalue weighted by molar-refractivity contribution is 5.93. The van der Waals surface area contributed by atoms with E-state index in [2.05, 4.69) is 12.1 Å². The van der Waals surface area contributed by atoms with E-state index in [9.17, 15) is 5.11 Å². The highest BCUT2D eigenvalue weighted by atomic mass is 16.3. The van der Waals surface area contributed by atoms with E-state index >= 15 is 0 Å². The summed E-state index contributed by atoms with van der Waals surface area (Å²) in [6, 6.07) is 10.3. The average Bonchev–Trinajstić information content (AvgIpc) is 2.90. The molecular formula is C15H14O. The Morgan fingerprint density at radius 2 is 1.75 bits per heavy atom. The summed E-state index contributed by atoms with van der Waals surface area (Å²) < 4.78 is 0. The van der Waals surface area contributed by atoms with Crippen LogP contribution in [0.1, 0.15) is 42.2 Å². The highest BCUT2D eigenvalue weighted by Crippen LogP contribution is 2.56. The molecule has 80 valence electrons. The summed E-state index contributed by atoms with van der Waals surface area (Å²) in [5.74, 6) is 1.93. The van der Waals surface area contributed by atoms with Crippen molar-refractivity contribution >= 4 is 10.8 Å². The van der Waals surface area contributed by atoms with Crippen molar-refractivity contribution in [3.05, 3.63) is 41.5 Å². The van der Waals surface area contributed by atoms with E-state index in [-0.39, 0.29) is 0 Å². The number of fused-ring (bicyclic) bond motifs is 7. The zero-order valence-electron chi connectivity index (χ0n) is 9.11. The van der Waals surface area contributed by atoms with Gasteiger partial charge in [0.1, 0.15) is 5.75 Å². The Balaban J connectivity index is 2.16. The fraction of sp³-hybridized carbons (Fsp3) is 0.333. The van der Waals surface area contributed by atoms with E-state index in [1.807, 2.05) is 18.2 Å². The van der Waals surface area contributed by atoms with Gasteiger partial charge in [-0.3, -0.25) is 0 Å². The molecular weight excluding hydrogens is 196 g/mol. The first-order valence-corrected chi connectivity index (χ1v) is 6.09. The summed E-state index contributed by atoms with van der Waals surface area (Å²) in [4.78, 5) is 0. The minimum atomic E-state index is 0.460. The molecule has 2 aliphatic carbocycles. The molecule has 0 aromatic heterocycles. The van der Waals surface area contributed by atoms with Crippen LogP contribution in [-0.4, -0.2) is 5.11 Å². The third kappa shape index (κ3) is 0.915. The van der Waals surface area contributed by atoms with Crippen LogP contribution in [0.4, 0.5) is 0 Å². The SMILES string of the molecule is Oc1cc2c(c3ccccc13)C1CCC2C1. The molecule has 2 aliphatic rings. The minimum Gasteiger partial charge on any atom is -0.507 e. The fourth-order valence-corrected chi connectivity index (χ4v) is 3.72. The van der Waals surface area contributed by atoms with Crippen molar-refractivity contribution < 1.29 is 5.11 Å². The number of benzene rings is 2. The molecule has 1 N–H and O–H groups in total. The van der Waals surface area contributed by atoms with Crippen LogP contribution in [0.3, 0.4) is 0 Å². The number of rotatable bonds is 0. The molecule has 2 aromatic rings. The van der Waals surface area contributed by atoms with Gasteiger partial charge in [0, 0.05) is 5.39 Å². The quantitative estimate of drug-likeness (QED) is 0.699. The topological polar surface area (TPSA) is 20.2 Å². The van der Waals surface area contributed by atoms with Gasteiger partial charge in [0.25, 0.3) is 0 Å². The van der Waals surface area contributed by atoms with E-state index in [4.69, 9.17) is 0 Å². The van der Waals surface area contributed by atoms with Gasteiger partial charge in [-0.15, -0.1) is 0 Å². The molecule has 1 saturated carbocycles. The molecule has 0 saturated heterocycles. The average molecular weight is 210 g/mol. The standard InChI is InChI=1S/C15H14O/c16-14-8-13-9-5-6-10(7-9)15(13)12-4-2-1-3-11(12)14/h1-4,8-10,16H,5-7H2. The summed E-state index contributed by atoms with van der Waals surface area (Å²) in [5.41, 5.74) is 2.96. The molecule has 0 spiro atoms. The van der Waals surface area contributed by atoms with Crippen LogP contribution < -0.4 is 0 Å². The van der Waals surface area contributed by atoms with E-state index in [1.165, 1.54) is 35.8 Å². The van der Waals surface area contributed by atoms with Crippen LogP contribution in [-0.2, 0) is 0 Å². The van der Waals surface area contributed by atoms with Crippen molar-refractivity contribution in [1.29, 1.82) is 0 Å². The van der Waals surface area contributed by atoms with Gasteiger partial charge in [-0.05, 0) is 53.7 Å². The molecule has 1 heteroatoms. The lowest BCUT2D eigenvalue weighted by Crippen LogP contribution is -1.98. The Bertz CT molecular complexity index is 585. The van der Waals surface area contributed by atoms with E-state index < -0.39 is 0 Å². The van der Waals surface area contributed by atoms with Crippen LogP contribution in [0.5, 0.6) is 5.75 Å². The van der Waals surface area contributed by atoms with E-state index in [1.54, 1.807) is 0 Å². The van der Waals surface area contributed by atoms with E-state index in [0.29, 0.717) is 5.75 Å². The molecule has 2 aromatic carbocycles. The number of hydrogen-bond donors (Lipinski definition) is 1. The monoisotopic (exact) mass is 210 g/mol. The Hall–Kier alpha value is -1.50. The molecule has 2 bridgehead atoms. The fourth-order valence-electron chi connectivity index (χ4n) is 3.72. The minimum absolute atomic E-state index is 0.460. The summed E-state index contributed by atoms with van der Waals surface area (Å²) in [6.07, 6.45) is 3.96. The second kappa shape index (κ2) is 2.79. The predicted molar refractivity (Wildman–Crippen MR) is 64.9 cm³/mol. The van der Waals surface area contributed by atoms with Gasteiger partial charge in [0.2, 0.25) is 0 Å². The van der Waals surface area contributed by atoms with Crippen LogP contribution in [0.2, 0.25) is 0 Å². The smallest absolute Gasteiger partial charge is 0.123 e. The van der Waals surface area contributed by atoms with Gasteiger partial charge in [-0.2, -0.15) is 0 Å². The highest BCUT2D eigenvalue weighted by Gasteiger charge is 2.38. The molecule has 2 atom stereocenters. The van der Waals surface area contributed by atoms with Crippen LogP contribution >= 0.6 is 0 Å². The molecule has 0 aliphatic heterocycles. The summed E-state index contributed by atoms with van der Waals surface area (Å²) in [5, 5.41) is 12.4. The van der Waals surface area contributed by atoms with Crippen molar-refractivity contribution in [3.63, 3.8) is 0 Å². The maximum atomic E-state index is 10.1. The van der Waals surface area contributed by atoms with Crippen LogP contribution in [0.15, 0.2) is 30.3 Å². The van der Waals surface area contributed by atoms with Crippen LogP contribution in [0, 0.1) is 0 Å². The van der Waals surface area contributed by atoms with Gasteiger partial charge in [0.05, 0.1) is 0 Å². The van der Waals surface area contributed by atoms with Gasteiger partial charge in [0.15, 0.2) is 0 Å². The number of phenols is 1. The van der Waals surface area contributed by atoms with E-state index in [0.717, 1.165) is 17.2 Å². The third-order valence-electron chi connectivity index (χ3n) is 4.38. The summed E-state index contributed by atoms with van der Waals surface area (Å²) in [7, 11) is 0. The first kappa shape index (κ1) is 8.63. The lowest BCUT2D eigenvalue weighted by Gasteiger charge is -2.18. The predicted octanol–water partition coefficient (Wildman–Crippen LogP) is 3.91. The molecule has 0 radical (unpaired) electrons. The van der Waals surface area contributed by atoms with Crippen molar-refractivity contribution in [2.75, 3.05) is 0 Å². The molecule has 0 heterocycles. The van der Waals surface area contributed by atoms with Crippen molar-refractivity contribution in [1.82, 2.24) is 0 Å². The first-order chi connectivity index (χ1) is 7.84. The van der Waals surface area contributed by atoms with Gasteiger partial charge in [-0.25, -0.2) is 0 Å². The zero-order valence-corrected chi connectivity index (χ0v) is 9.11. The first-order valence-electron chi connectivity index (χ1n) is 6.09. The molecule has 1 fully saturated rings. The molecule has 4 rings (SSSR count). The van der Waals surface area contributed by atoms with Gasteiger partial charge < -0.3 is 5.11 Å². The Morgan fingerprint density at radius 1 is 1.00 bits per heavy atom. The van der Waals surface area contributed by atoms with Crippen molar-refractivity contribution in [3.8, 4) is 5.75 Å². The molecule has 16 heavy (non-hydrogen) atoms. The molecule has 0 amide bonds. The van der Waals surface area contributed by atoms with Crippen molar-refractivity contribution in [2.24, 2.45) is 0 Å². The Kier molecular flexibility index (Phi) is 1.50. The second-order valence-corrected chi connectivity index (χ2v) is 5.15. The lowest BCUT2D eigenvalue weighted by molar-refractivity contribution is 0.480. The third-order valence-corrected chi connectivity index (χ3v) is 4.38. The molecule has 1 nitrogen and oxygen atoms in total. The molecule has 2 unspecified atom stereocenters. The largest absolute Gasteiger partial charge is 0.507 e. The van der Waals surface area contributed by atoms with Gasteiger partial charge in [-0.1, -0.05) is 24.3 Å².